The Morgan fingerprint density at radius 2 is 1.84 bits per heavy atom. The van der Waals surface area contributed by atoms with Crippen LogP contribution in [0.25, 0.3) is 0 Å². The highest BCUT2D eigenvalue weighted by Crippen LogP contribution is 2.20. The second-order valence-corrected chi connectivity index (χ2v) is 4.70. The molecule has 2 N–H and O–H groups in total. The molecule has 5 heteroatoms. The summed E-state index contributed by atoms with van der Waals surface area (Å²) in [6, 6.07) is -0.562. The van der Waals surface area contributed by atoms with Crippen LogP contribution in [0, 0.1) is 20.8 Å². The number of amides is 2. The molecule has 1 atom stereocenters. The summed E-state index contributed by atoms with van der Waals surface area (Å²) in [6.45, 7) is 9.66. The number of nitrogens with one attached hydrogen (secondary N) is 2. The van der Waals surface area contributed by atoms with Crippen LogP contribution < -0.4 is 10.6 Å². The van der Waals surface area contributed by atoms with Crippen molar-refractivity contribution in [1.29, 1.82) is 0 Å². The number of hydrogen-bond acceptors (Lipinski definition) is 3. The zero-order valence-corrected chi connectivity index (χ0v) is 12.2. The maximum atomic E-state index is 12.1. The van der Waals surface area contributed by atoms with Gasteiger partial charge in [-0.2, -0.15) is 0 Å². The van der Waals surface area contributed by atoms with Crippen LogP contribution in [-0.2, 0) is 4.79 Å². The number of hydrogen-bond donors (Lipinski definition) is 2. The van der Waals surface area contributed by atoms with Gasteiger partial charge in [0.05, 0.1) is 5.56 Å². The van der Waals surface area contributed by atoms with Crippen LogP contribution in [0.5, 0.6) is 0 Å². The van der Waals surface area contributed by atoms with E-state index >= 15 is 0 Å². The summed E-state index contributed by atoms with van der Waals surface area (Å²) >= 11 is 0. The molecule has 0 aliphatic heterocycles. The second kappa shape index (κ2) is 6.41. The molecule has 1 heterocycles. The highest BCUT2D eigenvalue weighted by Gasteiger charge is 2.22. The Morgan fingerprint density at radius 1 is 1.21 bits per heavy atom. The van der Waals surface area contributed by atoms with Crippen LogP contribution >= 0.6 is 0 Å². The molecule has 0 radical (unpaired) electrons. The van der Waals surface area contributed by atoms with Crippen molar-refractivity contribution in [2.75, 3.05) is 6.54 Å². The number of rotatable bonds is 5. The first-order valence-corrected chi connectivity index (χ1v) is 6.53. The summed E-state index contributed by atoms with van der Waals surface area (Å²) < 4.78 is 5.41. The van der Waals surface area contributed by atoms with Crippen LogP contribution in [0.3, 0.4) is 0 Å². The molecule has 0 saturated heterocycles. The van der Waals surface area contributed by atoms with Crippen molar-refractivity contribution >= 4 is 11.8 Å². The molecule has 1 rings (SSSR count). The van der Waals surface area contributed by atoms with Crippen molar-refractivity contribution in [3.8, 4) is 0 Å². The number of aryl methyl sites for hydroxylation is 2. The SMILES string of the molecule is CCCNC(=O)[C@H](C)NC(=O)c1c(C)oc(C)c1C. The summed E-state index contributed by atoms with van der Waals surface area (Å²) in [5.74, 6) is 0.858. The normalized spacial score (nSPS) is 12.1. The Kier molecular flexibility index (Phi) is 5.15. The van der Waals surface area contributed by atoms with E-state index in [1.54, 1.807) is 13.8 Å². The summed E-state index contributed by atoms with van der Waals surface area (Å²) in [6.07, 6.45) is 0.867. The van der Waals surface area contributed by atoms with E-state index in [1.165, 1.54) is 0 Å². The monoisotopic (exact) mass is 266 g/mol. The average Bonchev–Trinajstić information content (AvgIpc) is 2.60. The van der Waals surface area contributed by atoms with Gasteiger partial charge in [0.25, 0.3) is 5.91 Å². The van der Waals surface area contributed by atoms with Crippen LogP contribution in [0.1, 0.15) is 47.7 Å². The summed E-state index contributed by atoms with van der Waals surface area (Å²) in [7, 11) is 0. The van der Waals surface area contributed by atoms with Crippen LogP contribution in [0.15, 0.2) is 4.42 Å². The molecule has 0 unspecified atom stereocenters. The molecule has 5 nitrogen and oxygen atoms in total. The third kappa shape index (κ3) is 3.59. The molecular formula is C14H22N2O3. The predicted molar refractivity (Wildman–Crippen MR) is 73.1 cm³/mol. The van der Waals surface area contributed by atoms with Crippen molar-refractivity contribution < 1.29 is 14.0 Å². The number of carbonyl (C=O) groups excluding carboxylic acids is 2. The molecule has 0 spiro atoms. The van der Waals surface area contributed by atoms with E-state index in [9.17, 15) is 9.59 Å². The van der Waals surface area contributed by atoms with Gasteiger partial charge in [-0.25, -0.2) is 0 Å². The molecular weight excluding hydrogens is 244 g/mol. The summed E-state index contributed by atoms with van der Waals surface area (Å²) in [4.78, 5) is 23.8. The first-order chi connectivity index (χ1) is 8.88. The Hall–Kier alpha value is -1.78. The van der Waals surface area contributed by atoms with Gasteiger partial charge in [-0.05, 0) is 34.1 Å². The van der Waals surface area contributed by atoms with Gasteiger partial charge >= 0.3 is 0 Å². The minimum Gasteiger partial charge on any atom is -0.466 e. The first kappa shape index (κ1) is 15.3. The van der Waals surface area contributed by atoms with Crippen molar-refractivity contribution in [3.63, 3.8) is 0 Å². The van der Waals surface area contributed by atoms with Gasteiger partial charge in [-0.1, -0.05) is 6.92 Å². The van der Waals surface area contributed by atoms with Gasteiger partial charge in [-0.15, -0.1) is 0 Å². The van der Waals surface area contributed by atoms with E-state index in [1.807, 2.05) is 20.8 Å². The summed E-state index contributed by atoms with van der Waals surface area (Å²) in [5.41, 5.74) is 1.34. The van der Waals surface area contributed by atoms with Gasteiger partial charge in [0.2, 0.25) is 5.91 Å². The van der Waals surface area contributed by atoms with Gasteiger partial charge < -0.3 is 15.1 Å². The molecule has 0 saturated carbocycles. The van der Waals surface area contributed by atoms with Crippen molar-refractivity contribution in [1.82, 2.24) is 10.6 Å². The molecule has 0 aliphatic carbocycles. The van der Waals surface area contributed by atoms with Crippen molar-refractivity contribution in [2.24, 2.45) is 0 Å². The Labute approximate surface area is 113 Å². The Morgan fingerprint density at radius 3 is 2.32 bits per heavy atom. The highest BCUT2D eigenvalue weighted by molar-refractivity contribution is 5.99. The molecule has 106 valence electrons. The van der Waals surface area contributed by atoms with E-state index in [2.05, 4.69) is 10.6 Å². The topological polar surface area (TPSA) is 71.3 Å². The molecule has 1 aromatic rings. The smallest absolute Gasteiger partial charge is 0.255 e. The second-order valence-electron chi connectivity index (χ2n) is 4.70. The average molecular weight is 266 g/mol. The van der Waals surface area contributed by atoms with Gasteiger partial charge in [0.15, 0.2) is 0 Å². The quantitative estimate of drug-likeness (QED) is 0.854. The Bertz CT molecular complexity index is 477. The fraction of sp³-hybridized carbons (Fsp3) is 0.571. The summed E-state index contributed by atoms with van der Waals surface area (Å²) in [5, 5.41) is 5.44. The van der Waals surface area contributed by atoms with Crippen LogP contribution in [0.2, 0.25) is 0 Å². The fourth-order valence-corrected chi connectivity index (χ4v) is 1.86. The lowest BCUT2D eigenvalue weighted by Gasteiger charge is -2.13. The van der Waals surface area contributed by atoms with E-state index < -0.39 is 6.04 Å². The molecule has 1 aromatic heterocycles. The molecule has 0 bridgehead atoms. The van der Waals surface area contributed by atoms with Gasteiger partial charge in [0.1, 0.15) is 17.6 Å². The van der Waals surface area contributed by atoms with Gasteiger partial charge in [0, 0.05) is 12.1 Å². The molecule has 0 aromatic carbocycles. The third-order valence-electron chi connectivity index (χ3n) is 3.08. The Balaban J connectivity index is 2.72. The number of carbonyl (C=O) groups is 2. The highest BCUT2D eigenvalue weighted by atomic mass is 16.3. The van der Waals surface area contributed by atoms with Crippen molar-refractivity contribution in [2.45, 2.75) is 47.1 Å². The molecule has 2 amide bonds. The fourth-order valence-electron chi connectivity index (χ4n) is 1.86. The third-order valence-corrected chi connectivity index (χ3v) is 3.08. The van der Waals surface area contributed by atoms with Crippen molar-refractivity contribution in [3.05, 3.63) is 22.6 Å². The first-order valence-electron chi connectivity index (χ1n) is 6.53. The van der Waals surface area contributed by atoms with Crippen LogP contribution in [0.4, 0.5) is 0 Å². The number of furan rings is 1. The largest absolute Gasteiger partial charge is 0.466 e. The predicted octanol–water partition coefficient (Wildman–Crippen LogP) is 1.85. The van der Waals surface area contributed by atoms with Crippen LogP contribution in [-0.4, -0.2) is 24.4 Å². The molecule has 19 heavy (non-hydrogen) atoms. The zero-order chi connectivity index (χ0) is 14.6. The zero-order valence-electron chi connectivity index (χ0n) is 12.2. The van der Waals surface area contributed by atoms with Gasteiger partial charge in [-0.3, -0.25) is 9.59 Å². The lowest BCUT2D eigenvalue weighted by Crippen LogP contribution is -2.45. The minimum atomic E-state index is -0.562. The lowest BCUT2D eigenvalue weighted by molar-refractivity contribution is -0.122. The molecule has 0 fully saturated rings. The minimum absolute atomic E-state index is 0.175. The molecule has 0 aliphatic rings. The van der Waals surface area contributed by atoms with E-state index in [-0.39, 0.29) is 11.8 Å². The standard InChI is InChI=1S/C14H22N2O3/c1-6-7-15-13(17)9(3)16-14(18)12-8(2)10(4)19-11(12)5/h9H,6-7H2,1-5H3,(H,15,17)(H,16,18)/t9-/m0/s1. The van der Waals surface area contributed by atoms with E-state index in [0.29, 0.717) is 17.9 Å². The van der Waals surface area contributed by atoms with E-state index in [0.717, 1.165) is 17.7 Å². The maximum Gasteiger partial charge on any atom is 0.255 e. The lowest BCUT2D eigenvalue weighted by atomic mass is 10.1. The maximum absolute atomic E-state index is 12.1. The van der Waals surface area contributed by atoms with E-state index in [4.69, 9.17) is 4.42 Å².